The molecular formula is C24H30Cl3N3O4S. The molecule has 1 N–H and O–H groups in total. The zero-order valence-corrected chi connectivity index (χ0v) is 23.2. The SMILES string of the molecule is CC[C@@H](C)NC(=O)[C@@H](CC)N(Cc1ccccc1Cl)C(=O)CN(c1cccc(Cl)c1Cl)S(C)(=O)=O. The first-order valence-electron chi connectivity index (χ1n) is 11.2. The maximum Gasteiger partial charge on any atom is 0.244 e. The molecule has 2 rings (SSSR count). The summed E-state index contributed by atoms with van der Waals surface area (Å²) in [6.45, 7) is 5.05. The number of rotatable bonds is 11. The van der Waals surface area contributed by atoms with Crippen molar-refractivity contribution in [1.82, 2.24) is 10.2 Å². The molecule has 0 fully saturated rings. The molecule has 0 bridgehead atoms. The summed E-state index contributed by atoms with van der Waals surface area (Å²) in [5.74, 6) is -0.911. The van der Waals surface area contributed by atoms with Crippen molar-refractivity contribution in [2.24, 2.45) is 0 Å². The van der Waals surface area contributed by atoms with Crippen molar-refractivity contribution in [3.05, 3.63) is 63.1 Å². The van der Waals surface area contributed by atoms with Gasteiger partial charge >= 0.3 is 0 Å². The summed E-state index contributed by atoms with van der Waals surface area (Å²) in [6.07, 6.45) is 2.01. The minimum absolute atomic E-state index is 0.00611. The average Bonchev–Trinajstić information content (AvgIpc) is 2.79. The molecule has 0 heterocycles. The van der Waals surface area contributed by atoms with Gasteiger partial charge in [0.25, 0.3) is 0 Å². The molecule has 0 spiro atoms. The molecular weight excluding hydrogens is 533 g/mol. The predicted octanol–water partition coefficient (Wildman–Crippen LogP) is 5.13. The van der Waals surface area contributed by atoms with E-state index in [1.165, 1.54) is 17.0 Å². The van der Waals surface area contributed by atoms with Crippen LogP contribution in [-0.4, -0.2) is 50.0 Å². The maximum absolute atomic E-state index is 13.7. The van der Waals surface area contributed by atoms with Crippen molar-refractivity contribution in [2.45, 2.75) is 52.2 Å². The summed E-state index contributed by atoms with van der Waals surface area (Å²) in [5, 5.41) is 3.50. The Balaban J connectivity index is 2.50. The van der Waals surface area contributed by atoms with Gasteiger partial charge in [-0.2, -0.15) is 0 Å². The third-order valence-corrected chi connectivity index (χ3v) is 7.87. The molecule has 0 aromatic heterocycles. The molecule has 0 radical (unpaired) electrons. The van der Waals surface area contributed by atoms with Gasteiger partial charge in [-0.1, -0.05) is 72.9 Å². The van der Waals surface area contributed by atoms with Crippen LogP contribution < -0.4 is 9.62 Å². The van der Waals surface area contributed by atoms with Gasteiger partial charge in [0.2, 0.25) is 21.8 Å². The number of carbonyl (C=O) groups is 2. The summed E-state index contributed by atoms with van der Waals surface area (Å²) in [7, 11) is -3.93. The summed E-state index contributed by atoms with van der Waals surface area (Å²) in [6, 6.07) is 10.6. The van der Waals surface area contributed by atoms with E-state index < -0.39 is 28.5 Å². The molecule has 2 aromatic carbocycles. The largest absolute Gasteiger partial charge is 0.352 e. The van der Waals surface area contributed by atoms with Crippen LogP contribution in [0.5, 0.6) is 0 Å². The zero-order chi connectivity index (χ0) is 26.3. The Kier molecular flexibility index (Phi) is 10.7. The van der Waals surface area contributed by atoms with E-state index in [2.05, 4.69) is 5.32 Å². The second kappa shape index (κ2) is 12.8. The topological polar surface area (TPSA) is 86.8 Å². The average molecular weight is 563 g/mol. The summed E-state index contributed by atoms with van der Waals surface area (Å²) in [4.78, 5) is 28.1. The monoisotopic (exact) mass is 561 g/mol. The van der Waals surface area contributed by atoms with E-state index in [0.29, 0.717) is 17.0 Å². The number of benzene rings is 2. The van der Waals surface area contributed by atoms with E-state index in [9.17, 15) is 18.0 Å². The molecule has 0 aliphatic heterocycles. The van der Waals surface area contributed by atoms with Crippen LogP contribution in [0.25, 0.3) is 0 Å². The highest BCUT2D eigenvalue weighted by molar-refractivity contribution is 7.92. The highest BCUT2D eigenvalue weighted by atomic mass is 35.5. The van der Waals surface area contributed by atoms with E-state index in [4.69, 9.17) is 34.8 Å². The van der Waals surface area contributed by atoms with Gasteiger partial charge in [0.15, 0.2) is 0 Å². The minimum atomic E-state index is -3.93. The molecule has 2 atom stereocenters. The lowest BCUT2D eigenvalue weighted by molar-refractivity contribution is -0.140. The number of anilines is 1. The van der Waals surface area contributed by atoms with Gasteiger partial charge in [-0.05, 0) is 43.5 Å². The quantitative estimate of drug-likeness (QED) is 0.411. The molecule has 192 valence electrons. The molecule has 35 heavy (non-hydrogen) atoms. The number of halogens is 3. The van der Waals surface area contributed by atoms with Gasteiger partial charge in [0, 0.05) is 17.6 Å². The van der Waals surface area contributed by atoms with Crippen LogP contribution in [0.2, 0.25) is 15.1 Å². The number of amides is 2. The number of nitrogens with one attached hydrogen (secondary N) is 1. The molecule has 0 saturated heterocycles. The smallest absolute Gasteiger partial charge is 0.244 e. The fraction of sp³-hybridized carbons (Fsp3) is 0.417. The first-order valence-corrected chi connectivity index (χ1v) is 14.1. The second-order valence-electron chi connectivity index (χ2n) is 8.20. The van der Waals surface area contributed by atoms with E-state index in [0.717, 1.165) is 17.0 Å². The fourth-order valence-electron chi connectivity index (χ4n) is 3.45. The van der Waals surface area contributed by atoms with Gasteiger partial charge in [-0.25, -0.2) is 8.42 Å². The van der Waals surface area contributed by atoms with Crippen molar-refractivity contribution in [2.75, 3.05) is 17.1 Å². The van der Waals surface area contributed by atoms with E-state index in [1.807, 2.05) is 13.8 Å². The van der Waals surface area contributed by atoms with Crippen molar-refractivity contribution < 1.29 is 18.0 Å². The predicted molar refractivity (Wildman–Crippen MR) is 143 cm³/mol. The molecule has 7 nitrogen and oxygen atoms in total. The van der Waals surface area contributed by atoms with Gasteiger partial charge < -0.3 is 10.2 Å². The number of carbonyl (C=O) groups excluding carboxylic acids is 2. The van der Waals surface area contributed by atoms with E-state index in [-0.39, 0.29) is 34.2 Å². The first kappa shape index (κ1) is 29.2. The van der Waals surface area contributed by atoms with Crippen LogP contribution >= 0.6 is 34.8 Å². The number of hydrogen-bond acceptors (Lipinski definition) is 4. The number of nitrogens with zero attached hydrogens (tertiary/aromatic N) is 2. The van der Waals surface area contributed by atoms with E-state index in [1.54, 1.807) is 37.3 Å². The third-order valence-electron chi connectivity index (χ3n) is 5.56. The van der Waals surface area contributed by atoms with Gasteiger partial charge in [0.1, 0.15) is 12.6 Å². The van der Waals surface area contributed by atoms with Crippen LogP contribution in [0, 0.1) is 0 Å². The molecule has 0 unspecified atom stereocenters. The lowest BCUT2D eigenvalue weighted by Gasteiger charge is -2.33. The minimum Gasteiger partial charge on any atom is -0.352 e. The molecule has 2 aromatic rings. The standard InChI is InChI=1S/C24H30Cl3N3O4S/c1-5-16(3)28-24(32)20(6-2)29(14-17-10-7-8-11-18(17)25)22(31)15-30(35(4,33)34)21-13-9-12-19(26)23(21)27/h7-13,16,20H,5-6,14-15H2,1-4H3,(H,28,32)/t16-,20-/m1/s1. The van der Waals surface area contributed by atoms with Crippen LogP contribution in [0.4, 0.5) is 5.69 Å². The summed E-state index contributed by atoms with van der Waals surface area (Å²) >= 11 is 18.7. The van der Waals surface area contributed by atoms with Gasteiger partial charge in [0.05, 0.1) is 22.0 Å². The maximum atomic E-state index is 13.7. The molecule has 0 aliphatic carbocycles. The fourth-order valence-corrected chi connectivity index (χ4v) is 4.95. The Labute approximate surface area is 222 Å². The van der Waals surface area contributed by atoms with Crippen molar-refractivity contribution in [3.8, 4) is 0 Å². The van der Waals surface area contributed by atoms with Crippen molar-refractivity contribution >= 4 is 62.3 Å². The highest BCUT2D eigenvalue weighted by Gasteiger charge is 2.33. The molecule has 2 amide bonds. The summed E-state index contributed by atoms with van der Waals surface area (Å²) in [5.41, 5.74) is 0.703. The van der Waals surface area contributed by atoms with Crippen LogP contribution in [0.15, 0.2) is 42.5 Å². The Hall–Kier alpha value is -2.00. The van der Waals surface area contributed by atoms with Crippen LogP contribution in [-0.2, 0) is 26.2 Å². The molecule has 0 aliphatic rings. The van der Waals surface area contributed by atoms with Crippen molar-refractivity contribution in [1.29, 1.82) is 0 Å². The van der Waals surface area contributed by atoms with Gasteiger partial charge in [-0.15, -0.1) is 0 Å². The normalized spacial score (nSPS) is 13.1. The third kappa shape index (κ3) is 7.74. The first-order chi connectivity index (χ1) is 16.4. The molecule has 0 saturated carbocycles. The Morgan fingerprint density at radius 3 is 2.17 bits per heavy atom. The Bertz CT molecular complexity index is 1160. The summed E-state index contributed by atoms with van der Waals surface area (Å²) < 4.78 is 26.2. The van der Waals surface area contributed by atoms with E-state index >= 15 is 0 Å². The Morgan fingerprint density at radius 2 is 1.60 bits per heavy atom. The zero-order valence-electron chi connectivity index (χ0n) is 20.1. The molecule has 11 heteroatoms. The lowest BCUT2D eigenvalue weighted by atomic mass is 10.1. The van der Waals surface area contributed by atoms with Crippen LogP contribution in [0.3, 0.4) is 0 Å². The lowest BCUT2D eigenvalue weighted by Crippen LogP contribution is -2.53. The van der Waals surface area contributed by atoms with Crippen LogP contribution in [0.1, 0.15) is 39.2 Å². The number of hydrogen-bond donors (Lipinski definition) is 1. The highest BCUT2D eigenvalue weighted by Crippen LogP contribution is 2.34. The Morgan fingerprint density at radius 1 is 0.971 bits per heavy atom. The van der Waals surface area contributed by atoms with Gasteiger partial charge in [-0.3, -0.25) is 13.9 Å². The number of sulfonamides is 1. The second-order valence-corrected chi connectivity index (χ2v) is 11.3. The van der Waals surface area contributed by atoms with Crippen molar-refractivity contribution in [3.63, 3.8) is 0 Å².